The van der Waals surface area contributed by atoms with Crippen LogP contribution in [-0.2, 0) is 32.7 Å². The number of ether oxygens (including phenoxy) is 2. The molecule has 0 aromatic carbocycles. The minimum absolute atomic E-state index is 0.0505. The number of rotatable bonds is 73. The Morgan fingerprint density at radius 1 is 0.341 bits per heavy atom. The molecular weight excluding hydrogens is 1150 g/mol. The van der Waals surface area contributed by atoms with E-state index in [1.165, 1.54) is 244 Å². The molecule has 0 aliphatic rings. The van der Waals surface area contributed by atoms with Gasteiger partial charge in [0.1, 0.15) is 6.61 Å². The number of allylic oxidation sites excluding steroid dienone is 16. The fourth-order valence-electron chi connectivity index (χ4n) is 11.3. The summed E-state index contributed by atoms with van der Waals surface area (Å²) in [6.45, 7) is 3.68. The van der Waals surface area contributed by atoms with E-state index in [4.69, 9.17) is 24.3 Å². The van der Waals surface area contributed by atoms with Crippen LogP contribution in [0.2, 0.25) is 0 Å². The average molecular weight is 1290 g/mol. The van der Waals surface area contributed by atoms with Crippen LogP contribution in [-0.4, -0.2) is 49.3 Å². The van der Waals surface area contributed by atoms with Crippen LogP contribution >= 0.6 is 7.82 Å². The molecule has 10 heteroatoms. The van der Waals surface area contributed by atoms with E-state index in [2.05, 4.69) is 111 Å². The van der Waals surface area contributed by atoms with Crippen molar-refractivity contribution in [1.29, 1.82) is 0 Å². The molecule has 0 fully saturated rings. The maximum Gasteiger partial charge on any atom is 0.472 e. The van der Waals surface area contributed by atoms with Crippen molar-refractivity contribution in [1.82, 2.24) is 0 Å². The van der Waals surface area contributed by atoms with Gasteiger partial charge in [-0.2, -0.15) is 0 Å². The maximum absolute atomic E-state index is 12.8. The molecule has 0 spiro atoms. The zero-order valence-electron chi connectivity index (χ0n) is 59.6. The first-order valence-corrected chi connectivity index (χ1v) is 40.2. The second kappa shape index (κ2) is 76.0. The molecule has 0 rings (SSSR count). The fraction of sp³-hybridized carbons (Fsp3) is 0.778. The molecule has 0 saturated carbocycles. The average Bonchev–Trinajstić information content (AvgIpc) is 3.68. The Bertz CT molecular complexity index is 1820. The minimum atomic E-state index is -4.40. The number of phosphoric acid groups is 1. The Labute approximate surface area is 563 Å². The molecule has 0 aliphatic heterocycles. The van der Waals surface area contributed by atoms with E-state index in [0.29, 0.717) is 6.42 Å². The third-order valence-corrected chi connectivity index (χ3v) is 18.0. The first-order chi connectivity index (χ1) is 44.8. The molecule has 0 aliphatic carbocycles. The summed E-state index contributed by atoms with van der Waals surface area (Å²) in [6, 6.07) is 0. The second-order valence-electron chi connectivity index (χ2n) is 25.9. The Morgan fingerprint density at radius 2 is 0.604 bits per heavy atom. The summed E-state index contributed by atoms with van der Waals surface area (Å²) in [7, 11) is -4.40. The number of esters is 2. The first-order valence-electron chi connectivity index (χ1n) is 38.7. The molecule has 0 aromatic rings. The monoisotopic (exact) mass is 1290 g/mol. The normalized spacial score (nSPS) is 13.4. The van der Waals surface area contributed by atoms with Crippen molar-refractivity contribution in [2.75, 3.05) is 26.4 Å². The SMILES string of the molecule is CC/C=C\C/C=C\C/C=C\C/C=C\C/C=C\C/C=C\C/C=C\C/C=C\CCCCCCCCCCCCC(=O)OC(COC(=O)CCCCCCCCCCCCCCCCCCCCCCCCCCCCCCCCCCCCC)COP(=O)(O)OCCN. The predicted octanol–water partition coefficient (Wildman–Crippen LogP) is 25.9. The van der Waals surface area contributed by atoms with Gasteiger partial charge in [0.05, 0.1) is 13.2 Å². The number of carbonyl (C=O) groups is 2. The van der Waals surface area contributed by atoms with E-state index in [1.807, 2.05) is 0 Å². The lowest BCUT2D eigenvalue weighted by Crippen LogP contribution is -2.29. The van der Waals surface area contributed by atoms with Crippen LogP contribution in [0.15, 0.2) is 97.2 Å². The number of hydrogen-bond acceptors (Lipinski definition) is 8. The van der Waals surface area contributed by atoms with Crippen LogP contribution in [0.3, 0.4) is 0 Å². The summed E-state index contributed by atoms with van der Waals surface area (Å²) >= 11 is 0. The maximum atomic E-state index is 12.8. The van der Waals surface area contributed by atoms with Gasteiger partial charge in [-0.1, -0.05) is 381 Å². The molecule has 0 radical (unpaired) electrons. The molecule has 0 heterocycles. The number of carbonyl (C=O) groups excluding carboxylic acids is 2. The van der Waals surface area contributed by atoms with Crippen molar-refractivity contribution in [3.63, 3.8) is 0 Å². The van der Waals surface area contributed by atoms with E-state index in [-0.39, 0.29) is 38.6 Å². The van der Waals surface area contributed by atoms with Crippen molar-refractivity contribution < 1.29 is 37.6 Å². The zero-order chi connectivity index (χ0) is 65.8. The highest BCUT2D eigenvalue weighted by molar-refractivity contribution is 7.47. The Morgan fingerprint density at radius 3 is 0.901 bits per heavy atom. The van der Waals surface area contributed by atoms with Crippen molar-refractivity contribution in [3.8, 4) is 0 Å². The van der Waals surface area contributed by atoms with Crippen LogP contribution in [0.4, 0.5) is 0 Å². The molecular formula is C81H146NO8P. The summed E-state index contributed by atoms with van der Waals surface area (Å²) < 4.78 is 33.2. The molecule has 2 unspecified atom stereocenters. The first kappa shape index (κ1) is 87.9. The van der Waals surface area contributed by atoms with E-state index in [9.17, 15) is 19.0 Å². The molecule has 9 nitrogen and oxygen atoms in total. The van der Waals surface area contributed by atoms with E-state index >= 15 is 0 Å². The van der Waals surface area contributed by atoms with Gasteiger partial charge < -0.3 is 20.1 Å². The van der Waals surface area contributed by atoms with E-state index < -0.39 is 26.5 Å². The highest BCUT2D eigenvalue weighted by atomic mass is 31.2. The van der Waals surface area contributed by atoms with Gasteiger partial charge >= 0.3 is 19.8 Å². The summed E-state index contributed by atoms with van der Waals surface area (Å²) in [6.07, 6.45) is 104. The van der Waals surface area contributed by atoms with Gasteiger partial charge in [-0.05, 0) is 77.0 Å². The molecule has 0 bridgehead atoms. The highest BCUT2D eigenvalue weighted by Crippen LogP contribution is 2.43. The second-order valence-corrected chi connectivity index (χ2v) is 27.3. The summed E-state index contributed by atoms with van der Waals surface area (Å²) in [5.41, 5.74) is 5.41. The van der Waals surface area contributed by atoms with E-state index in [0.717, 1.165) is 96.3 Å². The molecule has 2 atom stereocenters. The lowest BCUT2D eigenvalue weighted by Gasteiger charge is -2.19. The quantitative estimate of drug-likeness (QED) is 0.0264. The van der Waals surface area contributed by atoms with E-state index in [1.54, 1.807) is 0 Å². The largest absolute Gasteiger partial charge is 0.472 e. The molecule has 3 N–H and O–H groups in total. The molecule has 528 valence electrons. The van der Waals surface area contributed by atoms with Crippen molar-refractivity contribution >= 4 is 19.8 Å². The number of nitrogens with two attached hydrogens (primary N) is 1. The van der Waals surface area contributed by atoms with Crippen LogP contribution in [0.25, 0.3) is 0 Å². The molecule has 0 aromatic heterocycles. The topological polar surface area (TPSA) is 134 Å². The predicted molar refractivity (Wildman–Crippen MR) is 395 cm³/mol. The third-order valence-electron chi connectivity index (χ3n) is 17.0. The smallest absolute Gasteiger partial charge is 0.462 e. The zero-order valence-corrected chi connectivity index (χ0v) is 60.5. The van der Waals surface area contributed by atoms with Crippen molar-refractivity contribution in [2.45, 2.75) is 380 Å². The molecule has 91 heavy (non-hydrogen) atoms. The standard InChI is InChI=1S/C81H146NO8P/c1-3-5-7-9-11-13-15-17-19-21-23-25-27-29-31-33-35-37-39-41-43-45-47-49-51-53-55-57-59-61-63-65-67-69-71-73-80(83)87-77-79(78-89-91(85,86)88-76-75-82)90-81(84)74-72-70-68-66-64-62-60-58-56-54-52-50-48-46-44-42-40-38-36-34-32-30-28-26-24-22-20-18-16-14-12-10-8-6-4-2/h6,8,12,14,18,20,24,26,30,32,36,38,42,44,48,50,79H,3-5,7,9-11,13,15-17,19,21-23,25,27-29,31,33-35,37,39-41,43,45-47,49,51-78,82H2,1-2H3,(H,85,86)/b8-6-,14-12-,20-18-,26-24-,32-30-,38-36-,44-42-,50-48-. The van der Waals surface area contributed by atoms with Crippen molar-refractivity contribution in [2.24, 2.45) is 5.73 Å². The van der Waals surface area contributed by atoms with Crippen LogP contribution in [0, 0.1) is 0 Å². The van der Waals surface area contributed by atoms with Gasteiger partial charge in [0.15, 0.2) is 6.10 Å². The number of phosphoric ester groups is 1. The van der Waals surface area contributed by atoms with Gasteiger partial charge in [0, 0.05) is 19.4 Å². The molecule has 0 amide bonds. The summed E-state index contributed by atoms with van der Waals surface area (Å²) in [5.74, 6) is -0.820. The summed E-state index contributed by atoms with van der Waals surface area (Å²) in [4.78, 5) is 35.4. The van der Waals surface area contributed by atoms with Gasteiger partial charge in [-0.25, -0.2) is 4.57 Å². The third kappa shape index (κ3) is 75.8. The number of hydrogen-bond donors (Lipinski definition) is 2. The fourth-order valence-corrected chi connectivity index (χ4v) is 12.1. The summed E-state index contributed by atoms with van der Waals surface area (Å²) in [5, 5.41) is 0. The Hall–Kier alpha value is -3.07. The highest BCUT2D eigenvalue weighted by Gasteiger charge is 2.26. The van der Waals surface area contributed by atoms with Crippen molar-refractivity contribution in [3.05, 3.63) is 97.2 Å². The number of unbranched alkanes of at least 4 members (excludes halogenated alkanes) is 44. The van der Waals surface area contributed by atoms with Crippen LogP contribution in [0.1, 0.15) is 373 Å². The van der Waals surface area contributed by atoms with Gasteiger partial charge in [0.2, 0.25) is 0 Å². The lowest BCUT2D eigenvalue weighted by molar-refractivity contribution is -0.161. The van der Waals surface area contributed by atoms with Crippen LogP contribution in [0.5, 0.6) is 0 Å². The lowest BCUT2D eigenvalue weighted by atomic mass is 10.0. The van der Waals surface area contributed by atoms with Gasteiger partial charge in [0.25, 0.3) is 0 Å². The van der Waals surface area contributed by atoms with Gasteiger partial charge in [-0.3, -0.25) is 18.6 Å². The van der Waals surface area contributed by atoms with Crippen LogP contribution < -0.4 is 5.73 Å². The Balaban J connectivity index is 3.84. The Kier molecular flexibility index (Phi) is 73.4. The van der Waals surface area contributed by atoms with Gasteiger partial charge in [-0.15, -0.1) is 0 Å². The minimum Gasteiger partial charge on any atom is -0.462 e. The molecule has 0 saturated heterocycles.